The van der Waals surface area contributed by atoms with Crippen LogP contribution in [0.5, 0.6) is 0 Å². The third kappa shape index (κ3) is 4.52. The van der Waals surface area contributed by atoms with E-state index in [1.54, 1.807) is 11.4 Å². The van der Waals surface area contributed by atoms with Gasteiger partial charge in [-0.3, -0.25) is 4.79 Å². The average molecular weight is 343 g/mol. The van der Waals surface area contributed by atoms with Gasteiger partial charge in [-0.1, -0.05) is 25.5 Å². The van der Waals surface area contributed by atoms with Gasteiger partial charge in [-0.25, -0.2) is 4.98 Å². The first-order valence-corrected chi connectivity index (χ1v) is 7.89. The molecule has 0 saturated heterocycles. The highest BCUT2D eigenvalue weighted by molar-refractivity contribution is 7.14. The van der Waals surface area contributed by atoms with Gasteiger partial charge in [0.05, 0.1) is 17.3 Å². The summed E-state index contributed by atoms with van der Waals surface area (Å²) < 4.78 is 38.2. The number of rotatable bonds is 5. The number of benzene rings is 1. The molecule has 8 heteroatoms. The van der Waals surface area contributed by atoms with Crippen LogP contribution < -0.4 is 11.1 Å². The topological polar surface area (TPSA) is 68.0 Å². The fourth-order valence-electron chi connectivity index (χ4n) is 1.96. The molecule has 3 N–H and O–H groups in total. The fraction of sp³-hybridized carbons (Fsp3) is 0.333. The van der Waals surface area contributed by atoms with E-state index >= 15 is 0 Å². The first-order chi connectivity index (χ1) is 10.8. The highest BCUT2D eigenvalue weighted by Gasteiger charge is 2.30. The summed E-state index contributed by atoms with van der Waals surface area (Å²) in [7, 11) is 0. The molecular weight excluding hydrogens is 327 g/mol. The molecule has 1 aromatic heterocycles. The lowest BCUT2D eigenvalue weighted by Gasteiger charge is -2.09. The van der Waals surface area contributed by atoms with Crippen LogP contribution in [0.1, 0.15) is 25.3 Å². The molecule has 0 radical (unpaired) electrons. The molecule has 0 saturated carbocycles. The van der Waals surface area contributed by atoms with Crippen molar-refractivity contribution >= 4 is 22.4 Å². The van der Waals surface area contributed by atoms with Crippen LogP contribution in [0.4, 0.5) is 18.3 Å². The molecule has 0 fully saturated rings. The molecule has 23 heavy (non-hydrogen) atoms. The van der Waals surface area contributed by atoms with Crippen LogP contribution in [0.25, 0.3) is 11.3 Å². The molecule has 1 aromatic carbocycles. The van der Waals surface area contributed by atoms with Gasteiger partial charge in [0.25, 0.3) is 0 Å². The predicted molar refractivity (Wildman–Crippen MR) is 84.1 cm³/mol. The zero-order valence-electron chi connectivity index (χ0n) is 12.4. The van der Waals surface area contributed by atoms with E-state index in [1.165, 1.54) is 6.07 Å². The first kappa shape index (κ1) is 17.4. The first-order valence-electron chi connectivity index (χ1n) is 7.01. The van der Waals surface area contributed by atoms with Crippen molar-refractivity contribution in [2.45, 2.75) is 32.0 Å². The average Bonchev–Trinajstić information content (AvgIpc) is 2.95. The minimum absolute atomic E-state index is 0.314. The van der Waals surface area contributed by atoms with Gasteiger partial charge in [0.1, 0.15) is 0 Å². The van der Waals surface area contributed by atoms with Crippen molar-refractivity contribution in [2.24, 2.45) is 5.73 Å². The Morgan fingerprint density at radius 1 is 1.43 bits per heavy atom. The number of anilines is 1. The van der Waals surface area contributed by atoms with Crippen LogP contribution in [0.2, 0.25) is 0 Å². The van der Waals surface area contributed by atoms with Crippen molar-refractivity contribution in [3.05, 3.63) is 35.2 Å². The number of carbonyl (C=O) groups excluding carboxylic acids is 1. The molecule has 2 aromatic rings. The summed E-state index contributed by atoms with van der Waals surface area (Å²) in [6.07, 6.45) is -3.07. The van der Waals surface area contributed by atoms with Crippen molar-refractivity contribution in [1.82, 2.24) is 4.98 Å². The summed E-state index contributed by atoms with van der Waals surface area (Å²) >= 11 is 1.14. The smallest absolute Gasteiger partial charge is 0.320 e. The van der Waals surface area contributed by atoms with Gasteiger partial charge in [0.15, 0.2) is 5.13 Å². The molecule has 0 aliphatic rings. The molecule has 0 aliphatic carbocycles. The summed E-state index contributed by atoms with van der Waals surface area (Å²) in [6, 6.07) is 4.28. The number of alkyl halides is 3. The maximum atomic E-state index is 12.7. The molecule has 4 nitrogen and oxygen atoms in total. The number of thiazole rings is 1. The van der Waals surface area contributed by atoms with E-state index in [9.17, 15) is 18.0 Å². The molecule has 0 bridgehead atoms. The van der Waals surface area contributed by atoms with Gasteiger partial charge in [-0.15, -0.1) is 11.3 Å². The summed E-state index contributed by atoms with van der Waals surface area (Å²) in [5.74, 6) is -0.350. The summed E-state index contributed by atoms with van der Waals surface area (Å²) in [6.45, 7) is 1.92. The summed E-state index contributed by atoms with van der Waals surface area (Å²) in [4.78, 5) is 16.0. The SMILES string of the molecule is CCCC(N)C(=O)Nc1nc(-c2cccc(C(F)(F)F)c2)cs1. The van der Waals surface area contributed by atoms with Crippen molar-refractivity contribution in [3.63, 3.8) is 0 Å². The lowest BCUT2D eigenvalue weighted by atomic mass is 10.1. The Bertz CT molecular complexity index is 685. The summed E-state index contributed by atoms with van der Waals surface area (Å²) in [5.41, 5.74) is 5.68. The molecular formula is C15H16F3N3OS. The highest BCUT2D eigenvalue weighted by atomic mass is 32.1. The second-order valence-corrected chi connectivity index (χ2v) is 5.86. The number of nitrogens with zero attached hydrogens (tertiary/aromatic N) is 1. The third-order valence-electron chi connectivity index (χ3n) is 3.16. The molecule has 1 atom stereocenters. The Balaban J connectivity index is 2.15. The van der Waals surface area contributed by atoms with Gasteiger partial charge in [0, 0.05) is 10.9 Å². The van der Waals surface area contributed by atoms with E-state index < -0.39 is 17.8 Å². The minimum atomic E-state index is -4.41. The number of aromatic nitrogens is 1. The van der Waals surface area contributed by atoms with Crippen molar-refractivity contribution < 1.29 is 18.0 Å². The van der Waals surface area contributed by atoms with E-state index in [-0.39, 0.29) is 5.91 Å². The van der Waals surface area contributed by atoms with Crippen molar-refractivity contribution in [1.29, 1.82) is 0 Å². The maximum Gasteiger partial charge on any atom is 0.416 e. The van der Waals surface area contributed by atoms with E-state index in [1.807, 2.05) is 6.92 Å². The standard InChI is InChI=1S/C15H16F3N3OS/c1-2-4-11(19)13(22)21-14-20-12(8-23-14)9-5-3-6-10(7-9)15(16,17)18/h3,5-8,11H,2,4,19H2,1H3,(H,20,21,22). The lowest BCUT2D eigenvalue weighted by molar-refractivity contribution is -0.137. The molecule has 124 valence electrons. The molecule has 0 aliphatic heterocycles. The Hall–Kier alpha value is -1.93. The van der Waals surface area contributed by atoms with Crippen LogP contribution in [0, 0.1) is 0 Å². The van der Waals surface area contributed by atoms with E-state index in [2.05, 4.69) is 10.3 Å². The predicted octanol–water partition coefficient (Wildman–Crippen LogP) is 3.89. The van der Waals surface area contributed by atoms with Crippen molar-refractivity contribution in [2.75, 3.05) is 5.32 Å². The van der Waals surface area contributed by atoms with Crippen LogP contribution in [0.15, 0.2) is 29.6 Å². The fourth-order valence-corrected chi connectivity index (χ4v) is 2.68. The molecule has 0 spiro atoms. The molecule has 2 rings (SSSR count). The number of carbonyl (C=O) groups is 1. The van der Waals surface area contributed by atoms with Crippen molar-refractivity contribution in [3.8, 4) is 11.3 Å². The zero-order chi connectivity index (χ0) is 17.0. The van der Waals surface area contributed by atoms with E-state index in [0.29, 0.717) is 22.8 Å². The van der Waals surface area contributed by atoms with Crippen LogP contribution in [0.3, 0.4) is 0 Å². The van der Waals surface area contributed by atoms with Gasteiger partial charge >= 0.3 is 6.18 Å². The normalized spacial score (nSPS) is 12.9. The second kappa shape index (κ2) is 7.10. The van der Waals surface area contributed by atoms with E-state index in [4.69, 9.17) is 5.73 Å². The number of halogens is 3. The van der Waals surface area contributed by atoms with Crippen LogP contribution in [-0.2, 0) is 11.0 Å². The number of nitrogens with one attached hydrogen (secondary N) is 1. The van der Waals surface area contributed by atoms with E-state index in [0.717, 1.165) is 29.9 Å². The Morgan fingerprint density at radius 2 is 2.17 bits per heavy atom. The van der Waals surface area contributed by atoms with Crippen LogP contribution in [-0.4, -0.2) is 16.9 Å². The maximum absolute atomic E-state index is 12.7. The summed E-state index contributed by atoms with van der Waals surface area (Å²) in [5, 5.41) is 4.49. The molecule has 1 heterocycles. The second-order valence-electron chi connectivity index (χ2n) is 5.00. The number of hydrogen-bond donors (Lipinski definition) is 2. The number of nitrogens with two attached hydrogens (primary N) is 1. The lowest BCUT2D eigenvalue weighted by Crippen LogP contribution is -2.35. The Labute approximate surface area is 135 Å². The largest absolute Gasteiger partial charge is 0.416 e. The Morgan fingerprint density at radius 3 is 2.83 bits per heavy atom. The Kier molecular flexibility index (Phi) is 5.38. The third-order valence-corrected chi connectivity index (χ3v) is 3.91. The molecule has 1 amide bonds. The zero-order valence-corrected chi connectivity index (χ0v) is 13.2. The van der Waals surface area contributed by atoms with Crippen LogP contribution >= 0.6 is 11.3 Å². The number of amides is 1. The highest BCUT2D eigenvalue weighted by Crippen LogP contribution is 2.33. The number of hydrogen-bond acceptors (Lipinski definition) is 4. The van der Waals surface area contributed by atoms with Gasteiger partial charge in [-0.05, 0) is 18.6 Å². The van der Waals surface area contributed by atoms with Gasteiger partial charge in [0.2, 0.25) is 5.91 Å². The van der Waals surface area contributed by atoms with Gasteiger partial charge in [-0.2, -0.15) is 13.2 Å². The van der Waals surface area contributed by atoms with Gasteiger partial charge < -0.3 is 11.1 Å². The minimum Gasteiger partial charge on any atom is -0.320 e. The monoisotopic (exact) mass is 343 g/mol. The molecule has 1 unspecified atom stereocenters. The quantitative estimate of drug-likeness (QED) is 0.865.